The summed E-state index contributed by atoms with van der Waals surface area (Å²) >= 11 is 1.60. The van der Waals surface area contributed by atoms with Crippen LogP contribution in [0.4, 0.5) is 5.69 Å². The number of carbonyl (C=O) groups is 2. The predicted octanol–water partition coefficient (Wildman–Crippen LogP) is 1.89. The minimum Gasteiger partial charge on any atom is -0.506 e. The van der Waals surface area contributed by atoms with Crippen molar-refractivity contribution < 1.29 is 24.2 Å². The molecule has 1 aromatic rings. The van der Waals surface area contributed by atoms with Gasteiger partial charge >= 0.3 is 11.9 Å². The van der Waals surface area contributed by atoms with Gasteiger partial charge in [-0.25, -0.2) is 9.59 Å². The average Bonchev–Trinajstić information content (AvgIpc) is 2.51. The fourth-order valence-corrected chi connectivity index (χ4v) is 2.18. The third kappa shape index (κ3) is 4.86. The lowest BCUT2D eigenvalue weighted by atomic mass is 10.1. The molecular formula is C14H19NO5S. The van der Waals surface area contributed by atoms with Crippen LogP contribution in [-0.4, -0.2) is 49.3 Å². The van der Waals surface area contributed by atoms with E-state index >= 15 is 0 Å². The second kappa shape index (κ2) is 8.41. The van der Waals surface area contributed by atoms with Crippen LogP contribution in [0.2, 0.25) is 0 Å². The largest absolute Gasteiger partial charge is 0.506 e. The second-order valence-electron chi connectivity index (χ2n) is 4.23. The van der Waals surface area contributed by atoms with E-state index < -0.39 is 18.0 Å². The first-order valence-electron chi connectivity index (χ1n) is 6.28. The van der Waals surface area contributed by atoms with Gasteiger partial charge in [-0.15, -0.1) is 0 Å². The highest BCUT2D eigenvalue weighted by atomic mass is 32.2. The molecule has 0 radical (unpaired) electrons. The van der Waals surface area contributed by atoms with E-state index in [0.717, 1.165) is 5.75 Å². The summed E-state index contributed by atoms with van der Waals surface area (Å²) in [5.74, 6) is -0.242. The van der Waals surface area contributed by atoms with E-state index in [-0.39, 0.29) is 17.0 Å². The monoisotopic (exact) mass is 313 g/mol. The van der Waals surface area contributed by atoms with E-state index in [1.807, 2.05) is 6.26 Å². The lowest BCUT2D eigenvalue weighted by Crippen LogP contribution is -2.31. The smallest absolute Gasteiger partial charge is 0.337 e. The standard InChI is InChI=1S/C14H19NO5S/c1-19-13(17)9-4-5-12(16)11(8-9)15-10(6-7-21-3)14(18)20-2/h4-5,8,10,15-16H,6-7H2,1-3H3. The number of benzene rings is 1. The van der Waals surface area contributed by atoms with Crippen LogP contribution in [0.15, 0.2) is 18.2 Å². The molecule has 0 saturated heterocycles. The van der Waals surface area contributed by atoms with Crippen molar-refractivity contribution in [1.29, 1.82) is 0 Å². The number of phenols is 1. The van der Waals surface area contributed by atoms with Gasteiger partial charge in [-0.3, -0.25) is 0 Å². The van der Waals surface area contributed by atoms with Crippen LogP contribution in [0, 0.1) is 0 Å². The molecule has 0 heterocycles. The van der Waals surface area contributed by atoms with Crippen LogP contribution in [-0.2, 0) is 14.3 Å². The van der Waals surface area contributed by atoms with Gasteiger partial charge in [-0.2, -0.15) is 11.8 Å². The number of esters is 2. The van der Waals surface area contributed by atoms with Gasteiger partial charge in [-0.05, 0) is 36.6 Å². The van der Waals surface area contributed by atoms with Gasteiger partial charge in [0.05, 0.1) is 25.5 Å². The van der Waals surface area contributed by atoms with Gasteiger partial charge < -0.3 is 19.9 Å². The molecule has 0 aliphatic carbocycles. The number of ether oxygens (including phenoxy) is 2. The van der Waals surface area contributed by atoms with Gasteiger partial charge in [0.2, 0.25) is 0 Å². The molecule has 0 amide bonds. The molecule has 1 unspecified atom stereocenters. The summed E-state index contributed by atoms with van der Waals surface area (Å²) in [6.07, 6.45) is 2.47. The molecule has 2 N–H and O–H groups in total. The average molecular weight is 313 g/mol. The Hall–Kier alpha value is -1.89. The molecular weight excluding hydrogens is 294 g/mol. The maximum absolute atomic E-state index is 11.7. The molecule has 1 rings (SSSR count). The molecule has 7 heteroatoms. The number of anilines is 1. The summed E-state index contributed by atoms with van der Waals surface area (Å²) in [6, 6.07) is 3.66. The molecule has 1 aromatic carbocycles. The Bertz CT molecular complexity index is 506. The molecule has 6 nitrogen and oxygen atoms in total. The van der Waals surface area contributed by atoms with E-state index in [4.69, 9.17) is 4.74 Å². The Balaban J connectivity index is 2.96. The molecule has 0 bridgehead atoms. The van der Waals surface area contributed by atoms with E-state index in [2.05, 4.69) is 10.1 Å². The highest BCUT2D eigenvalue weighted by molar-refractivity contribution is 7.98. The maximum Gasteiger partial charge on any atom is 0.337 e. The van der Waals surface area contributed by atoms with Crippen LogP contribution in [0.5, 0.6) is 5.75 Å². The second-order valence-corrected chi connectivity index (χ2v) is 5.21. The molecule has 0 aliphatic rings. The first-order chi connectivity index (χ1) is 10.0. The Labute approximate surface area is 127 Å². The van der Waals surface area contributed by atoms with Gasteiger partial charge in [-0.1, -0.05) is 0 Å². The highest BCUT2D eigenvalue weighted by Crippen LogP contribution is 2.26. The first-order valence-corrected chi connectivity index (χ1v) is 7.67. The topological polar surface area (TPSA) is 84.9 Å². The van der Waals surface area contributed by atoms with Gasteiger partial charge in [0.15, 0.2) is 0 Å². The summed E-state index contributed by atoms with van der Waals surface area (Å²) in [5, 5.41) is 12.8. The first kappa shape index (κ1) is 17.2. The number of phenolic OH excluding ortho intramolecular Hbond substituents is 1. The fourth-order valence-electron chi connectivity index (χ4n) is 1.71. The Morgan fingerprint density at radius 3 is 2.62 bits per heavy atom. The molecule has 0 aromatic heterocycles. The summed E-state index contributed by atoms with van der Waals surface area (Å²) < 4.78 is 9.36. The van der Waals surface area contributed by atoms with Crippen LogP contribution < -0.4 is 5.32 Å². The zero-order valence-electron chi connectivity index (χ0n) is 12.2. The molecule has 0 spiro atoms. The van der Waals surface area contributed by atoms with Crippen LogP contribution >= 0.6 is 11.8 Å². The van der Waals surface area contributed by atoms with Crippen molar-refractivity contribution in [3.63, 3.8) is 0 Å². The molecule has 0 fully saturated rings. The Kier molecular flexibility index (Phi) is 6.87. The van der Waals surface area contributed by atoms with Crippen molar-refractivity contribution >= 4 is 29.4 Å². The number of hydrogen-bond donors (Lipinski definition) is 2. The zero-order chi connectivity index (χ0) is 15.8. The van der Waals surface area contributed by atoms with E-state index in [1.54, 1.807) is 11.8 Å². The number of hydrogen-bond acceptors (Lipinski definition) is 7. The van der Waals surface area contributed by atoms with Crippen molar-refractivity contribution in [3.8, 4) is 5.75 Å². The van der Waals surface area contributed by atoms with E-state index in [1.165, 1.54) is 32.4 Å². The number of carbonyl (C=O) groups excluding carboxylic acids is 2. The van der Waals surface area contributed by atoms with Crippen LogP contribution in [0.3, 0.4) is 0 Å². The number of methoxy groups -OCH3 is 2. The van der Waals surface area contributed by atoms with Crippen LogP contribution in [0.25, 0.3) is 0 Å². The van der Waals surface area contributed by atoms with Gasteiger partial charge in [0.25, 0.3) is 0 Å². The van der Waals surface area contributed by atoms with Gasteiger partial charge in [0.1, 0.15) is 11.8 Å². The lowest BCUT2D eigenvalue weighted by Gasteiger charge is -2.18. The van der Waals surface area contributed by atoms with Crippen molar-refractivity contribution in [3.05, 3.63) is 23.8 Å². The summed E-state index contributed by atoms with van der Waals surface area (Å²) in [4.78, 5) is 23.2. The Morgan fingerprint density at radius 2 is 2.05 bits per heavy atom. The minimum absolute atomic E-state index is 0.0549. The number of rotatable bonds is 7. The molecule has 0 saturated carbocycles. The molecule has 116 valence electrons. The van der Waals surface area contributed by atoms with Crippen molar-refractivity contribution in [2.45, 2.75) is 12.5 Å². The quantitative estimate of drug-likeness (QED) is 0.587. The molecule has 0 aliphatic heterocycles. The van der Waals surface area contributed by atoms with Crippen molar-refractivity contribution in [1.82, 2.24) is 0 Å². The number of aromatic hydroxyl groups is 1. The fraction of sp³-hybridized carbons (Fsp3) is 0.429. The lowest BCUT2D eigenvalue weighted by molar-refractivity contribution is -0.141. The third-order valence-electron chi connectivity index (χ3n) is 2.84. The molecule has 21 heavy (non-hydrogen) atoms. The molecule has 1 atom stereocenters. The summed E-state index contributed by atoms with van der Waals surface area (Å²) in [6.45, 7) is 0. The SMILES string of the molecule is COC(=O)c1ccc(O)c(NC(CCSC)C(=O)OC)c1. The number of nitrogens with one attached hydrogen (secondary N) is 1. The summed E-state index contributed by atoms with van der Waals surface area (Å²) in [7, 11) is 2.58. The van der Waals surface area contributed by atoms with Crippen molar-refractivity contribution in [2.24, 2.45) is 0 Å². The number of thioether (sulfide) groups is 1. The van der Waals surface area contributed by atoms with Gasteiger partial charge in [0, 0.05) is 0 Å². The zero-order valence-corrected chi connectivity index (χ0v) is 13.0. The normalized spacial score (nSPS) is 11.6. The van der Waals surface area contributed by atoms with Crippen molar-refractivity contribution in [2.75, 3.05) is 31.5 Å². The van der Waals surface area contributed by atoms with E-state index in [9.17, 15) is 14.7 Å². The highest BCUT2D eigenvalue weighted by Gasteiger charge is 2.20. The predicted molar refractivity (Wildman–Crippen MR) is 81.9 cm³/mol. The summed E-state index contributed by atoms with van der Waals surface area (Å²) in [5.41, 5.74) is 0.570. The Morgan fingerprint density at radius 1 is 1.33 bits per heavy atom. The maximum atomic E-state index is 11.7. The minimum atomic E-state index is -0.596. The van der Waals surface area contributed by atoms with Crippen LogP contribution in [0.1, 0.15) is 16.8 Å². The third-order valence-corrected chi connectivity index (χ3v) is 3.49. The van der Waals surface area contributed by atoms with E-state index in [0.29, 0.717) is 6.42 Å².